The zero-order valence-corrected chi connectivity index (χ0v) is 15.4. The van der Waals surface area contributed by atoms with E-state index in [4.69, 9.17) is 4.74 Å². The Morgan fingerprint density at radius 2 is 1.86 bits per heavy atom. The van der Waals surface area contributed by atoms with Gasteiger partial charge in [0.15, 0.2) is 0 Å². The van der Waals surface area contributed by atoms with Gasteiger partial charge in [-0.2, -0.15) is 0 Å². The summed E-state index contributed by atoms with van der Waals surface area (Å²) in [5.74, 6) is -1.83. The van der Waals surface area contributed by atoms with E-state index in [1.165, 1.54) is 12.1 Å². The van der Waals surface area contributed by atoms with Crippen LogP contribution in [-0.4, -0.2) is 47.3 Å². The first kappa shape index (κ1) is 19.0. The van der Waals surface area contributed by atoms with E-state index in [-0.39, 0.29) is 17.8 Å². The molecule has 9 heteroatoms. The zero-order valence-electron chi connectivity index (χ0n) is 15.4. The molecule has 1 aromatic heterocycles. The molecule has 1 fully saturated rings. The van der Waals surface area contributed by atoms with Crippen molar-refractivity contribution in [2.75, 3.05) is 36.5 Å². The van der Waals surface area contributed by atoms with E-state index in [1.54, 1.807) is 6.20 Å². The lowest BCUT2D eigenvalue weighted by molar-refractivity contribution is 0.0697. The number of fused-ring (bicyclic) bond motifs is 1. The molecule has 0 bridgehead atoms. The Morgan fingerprint density at radius 1 is 1.14 bits per heavy atom. The molecule has 2 N–H and O–H groups in total. The van der Waals surface area contributed by atoms with Gasteiger partial charge in [0.2, 0.25) is 0 Å². The first-order valence-corrected chi connectivity index (χ1v) is 9.05. The summed E-state index contributed by atoms with van der Waals surface area (Å²) in [4.78, 5) is 22.6. The number of carbonyl (C=O) groups is 1. The Kier molecular flexibility index (Phi) is 5.22. The van der Waals surface area contributed by atoms with E-state index >= 15 is 0 Å². The van der Waals surface area contributed by atoms with Gasteiger partial charge in [-0.15, -0.1) is 0 Å². The molecule has 0 radical (unpaired) electrons. The molecule has 0 amide bonds. The Balaban J connectivity index is 1.71. The Bertz CT molecular complexity index is 1050. The molecule has 0 saturated carbocycles. The quantitative estimate of drug-likeness (QED) is 0.681. The van der Waals surface area contributed by atoms with Crippen LogP contribution in [0.15, 0.2) is 36.5 Å². The van der Waals surface area contributed by atoms with Crippen molar-refractivity contribution in [3.63, 3.8) is 0 Å². The number of rotatable bonds is 5. The summed E-state index contributed by atoms with van der Waals surface area (Å²) in [5.41, 5.74) is 1.83. The molecule has 3 aromatic rings. The fraction of sp³-hybridized carbons (Fsp3) is 0.250. The van der Waals surface area contributed by atoms with Crippen LogP contribution >= 0.6 is 0 Å². The van der Waals surface area contributed by atoms with Crippen molar-refractivity contribution in [2.45, 2.75) is 6.54 Å². The van der Waals surface area contributed by atoms with Gasteiger partial charge in [0, 0.05) is 31.4 Å². The molecule has 0 unspecified atom stereocenters. The number of anilines is 2. The minimum absolute atomic E-state index is 0.0631. The first-order chi connectivity index (χ1) is 14.0. The van der Waals surface area contributed by atoms with Gasteiger partial charge in [-0.25, -0.2) is 18.6 Å². The van der Waals surface area contributed by atoms with E-state index < -0.39 is 17.6 Å². The summed E-state index contributed by atoms with van der Waals surface area (Å²) in [6.45, 7) is 2.68. The standard InChI is InChI=1S/C20H18F2N4O3/c21-14-7-15(22)9-16(8-14)23-10-13-5-12(20(27)28)6-17-19(13)25-18(11-24-17)26-1-3-29-4-2-26/h5-9,11,23H,1-4,10H2,(H,27,28). The molecule has 2 aromatic carbocycles. The Hall–Kier alpha value is -3.33. The van der Waals surface area contributed by atoms with E-state index in [2.05, 4.69) is 15.3 Å². The van der Waals surface area contributed by atoms with Gasteiger partial charge >= 0.3 is 5.97 Å². The van der Waals surface area contributed by atoms with Crippen LogP contribution in [0.2, 0.25) is 0 Å². The van der Waals surface area contributed by atoms with Crippen LogP contribution in [0.1, 0.15) is 15.9 Å². The molecule has 2 heterocycles. The maximum atomic E-state index is 13.4. The Morgan fingerprint density at radius 3 is 2.55 bits per heavy atom. The molecular weight excluding hydrogens is 382 g/mol. The highest BCUT2D eigenvalue weighted by Gasteiger charge is 2.16. The minimum Gasteiger partial charge on any atom is -0.478 e. The monoisotopic (exact) mass is 400 g/mol. The normalized spacial score (nSPS) is 14.2. The summed E-state index contributed by atoms with van der Waals surface area (Å²) in [5, 5.41) is 12.3. The number of nitrogens with zero attached hydrogens (tertiary/aromatic N) is 3. The van der Waals surface area contributed by atoms with Crippen molar-refractivity contribution in [1.82, 2.24) is 9.97 Å². The van der Waals surface area contributed by atoms with Crippen LogP contribution in [0.4, 0.5) is 20.3 Å². The van der Waals surface area contributed by atoms with Crippen molar-refractivity contribution in [2.24, 2.45) is 0 Å². The van der Waals surface area contributed by atoms with Crippen LogP contribution < -0.4 is 10.2 Å². The second-order valence-electron chi connectivity index (χ2n) is 6.65. The predicted molar refractivity (Wildman–Crippen MR) is 103 cm³/mol. The molecule has 0 aliphatic carbocycles. The van der Waals surface area contributed by atoms with E-state index in [0.29, 0.717) is 48.7 Å². The second kappa shape index (κ2) is 7.96. The average Bonchev–Trinajstić information content (AvgIpc) is 2.71. The number of aromatic nitrogens is 2. The minimum atomic E-state index is -1.09. The third kappa shape index (κ3) is 4.24. The molecule has 1 saturated heterocycles. The molecule has 7 nitrogen and oxygen atoms in total. The van der Waals surface area contributed by atoms with Gasteiger partial charge in [0.1, 0.15) is 17.5 Å². The smallest absolute Gasteiger partial charge is 0.335 e. The molecule has 150 valence electrons. The highest BCUT2D eigenvalue weighted by molar-refractivity contribution is 5.93. The lowest BCUT2D eigenvalue weighted by atomic mass is 10.1. The van der Waals surface area contributed by atoms with Gasteiger partial charge in [-0.3, -0.25) is 4.98 Å². The average molecular weight is 400 g/mol. The van der Waals surface area contributed by atoms with Gasteiger partial charge in [0.05, 0.1) is 36.0 Å². The van der Waals surface area contributed by atoms with Crippen molar-refractivity contribution in [3.8, 4) is 0 Å². The van der Waals surface area contributed by atoms with E-state index in [0.717, 1.165) is 18.2 Å². The summed E-state index contributed by atoms with van der Waals surface area (Å²) in [7, 11) is 0. The van der Waals surface area contributed by atoms with Crippen LogP contribution in [0.5, 0.6) is 0 Å². The number of morpholine rings is 1. The number of carboxylic acid groups (broad SMARTS) is 1. The fourth-order valence-corrected chi connectivity index (χ4v) is 3.23. The van der Waals surface area contributed by atoms with E-state index in [1.807, 2.05) is 4.90 Å². The number of ether oxygens (including phenoxy) is 1. The summed E-state index contributed by atoms with van der Waals surface area (Å²) < 4.78 is 32.2. The number of hydrogen-bond donors (Lipinski definition) is 2. The lowest BCUT2D eigenvalue weighted by Gasteiger charge is -2.27. The maximum Gasteiger partial charge on any atom is 0.335 e. The second-order valence-corrected chi connectivity index (χ2v) is 6.65. The number of benzene rings is 2. The first-order valence-electron chi connectivity index (χ1n) is 9.05. The number of carboxylic acids is 1. The number of hydrogen-bond acceptors (Lipinski definition) is 6. The fourth-order valence-electron chi connectivity index (χ4n) is 3.23. The molecule has 1 aliphatic rings. The zero-order chi connectivity index (χ0) is 20.4. The van der Waals surface area contributed by atoms with Crippen molar-refractivity contribution in [1.29, 1.82) is 0 Å². The lowest BCUT2D eigenvalue weighted by Crippen LogP contribution is -2.36. The molecule has 1 aliphatic heterocycles. The molecule has 4 rings (SSSR count). The van der Waals surface area contributed by atoms with Crippen LogP contribution in [-0.2, 0) is 11.3 Å². The molecule has 0 atom stereocenters. The number of nitrogens with one attached hydrogen (secondary N) is 1. The molecule has 0 spiro atoms. The van der Waals surface area contributed by atoms with Crippen LogP contribution in [0.25, 0.3) is 11.0 Å². The van der Waals surface area contributed by atoms with Crippen molar-refractivity contribution in [3.05, 3.63) is 59.3 Å². The van der Waals surface area contributed by atoms with Gasteiger partial charge < -0.3 is 20.1 Å². The SMILES string of the molecule is O=C(O)c1cc(CNc2cc(F)cc(F)c2)c2nc(N3CCOCC3)cnc2c1. The maximum absolute atomic E-state index is 13.4. The largest absolute Gasteiger partial charge is 0.478 e. The summed E-state index contributed by atoms with van der Waals surface area (Å²) >= 11 is 0. The van der Waals surface area contributed by atoms with Gasteiger partial charge in [-0.1, -0.05) is 0 Å². The number of halogens is 2. The Labute approximate surface area is 165 Å². The number of aromatic carboxylic acids is 1. The summed E-state index contributed by atoms with van der Waals surface area (Å²) in [6.07, 6.45) is 1.61. The van der Waals surface area contributed by atoms with Gasteiger partial charge in [-0.05, 0) is 29.8 Å². The van der Waals surface area contributed by atoms with Gasteiger partial charge in [0.25, 0.3) is 0 Å². The van der Waals surface area contributed by atoms with Crippen molar-refractivity contribution < 1.29 is 23.4 Å². The molecular formula is C20H18F2N4O3. The van der Waals surface area contributed by atoms with Crippen molar-refractivity contribution >= 4 is 28.5 Å². The third-order valence-corrected chi connectivity index (χ3v) is 4.64. The van der Waals surface area contributed by atoms with Crippen LogP contribution in [0, 0.1) is 11.6 Å². The topological polar surface area (TPSA) is 87.6 Å². The van der Waals surface area contributed by atoms with E-state index in [9.17, 15) is 18.7 Å². The predicted octanol–water partition coefficient (Wildman–Crippen LogP) is 3.05. The summed E-state index contributed by atoms with van der Waals surface area (Å²) in [6, 6.07) is 6.06. The highest BCUT2D eigenvalue weighted by Crippen LogP contribution is 2.23. The highest BCUT2D eigenvalue weighted by atomic mass is 19.1. The third-order valence-electron chi connectivity index (χ3n) is 4.64. The molecule has 29 heavy (non-hydrogen) atoms. The van der Waals surface area contributed by atoms with Crippen LogP contribution in [0.3, 0.4) is 0 Å².